The third-order valence-electron chi connectivity index (χ3n) is 4.37. The zero-order chi connectivity index (χ0) is 21.8. The minimum absolute atomic E-state index is 0.146. The highest BCUT2D eigenvalue weighted by Crippen LogP contribution is 2.35. The predicted octanol–water partition coefficient (Wildman–Crippen LogP) is 5.31. The number of aryl methyl sites for hydroxylation is 1. The number of ether oxygens (including phenoxy) is 1. The molecule has 2 amide bonds. The molecule has 0 saturated heterocycles. The van der Waals surface area contributed by atoms with Crippen molar-refractivity contribution in [2.75, 3.05) is 17.7 Å². The Morgan fingerprint density at radius 1 is 0.967 bits per heavy atom. The molecule has 2 N–H and O–H groups in total. The van der Waals surface area contributed by atoms with Gasteiger partial charge >= 0.3 is 5.97 Å². The van der Waals surface area contributed by atoms with Gasteiger partial charge in [0.1, 0.15) is 5.00 Å². The smallest absolute Gasteiger partial charge is 0.341 e. The summed E-state index contributed by atoms with van der Waals surface area (Å²) in [4.78, 5) is 38.1. The maximum atomic E-state index is 12.8. The van der Waals surface area contributed by atoms with Crippen LogP contribution in [0.1, 0.15) is 41.5 Å². The molecule has 8 heteroatoms. The molecule has 3 aromatic rings. The number of carbonyl (C=O) groups is 3. The predicted molar refractivity (Wildman–Crippen MR) is 119 cm³/mol. The fourth-order valence-electron chi connectivity index (χ4n) is 2.87. The van der Waals surface area contributed by atoms with E-state index in [1.807, 2.05) is 13.0 Å². The minimum Gasteiger partial charge on any atom is -0.465 e. The Labute approximate surface area is 182 Å². The summed E-state index contributed by atoms with van der Waals surface area (Å²) in [6, 6.07) is 13.9. The standard InChI is InChI=1S/C22H19ClN2O4S/c1-12-7-6-8-14(11-12)19(26)25-21-17(22(28)29-3)13(2)18(30-21)20(27)24-16-10-5-4-9-15(16)23/h4-11H,1-3H3,(H,24,27)(H,25,26). The molecule has 154 valence electrons. The number of rotatable bonds is 5. The van der Waals surface area contributed by atoms with Crippen molar-refractivity contribution in [2.24, 2.45) is 0 Å². The molecule has 0 bridgehead atoms. The van der Waals surface area contributed by atoms with Crippen molar-refractivity contribution in [3.63, 3.8) is 0 Å². The van der Waals surface area contributed by atoms with Crippen molar-refractivity contribution in [1.82, 2.24) is 0 Å². The van der Waals surface area contributed by atoms with Crippen molar-refractivity contribution in [2.45, 2.75) is 13.8 Å². The van der Waals surface area contributed by atoms with Crippen LogP contribution in [0.3, 0.4) is 0 Å². The van der Waals surface area contributed by atoms with E-state index in [2.05, 4.69) is 10.6 Å². The first-order chi connectivity index (χ1) is 14.3. The summed E-state index contributed by atoms with van der Waals surface area (Å²) >= 11 is 7.11. The molecule has 2 aromatic carbocycles. The van der Waals surface area contributed by atoms with Crippen LogP contribution in [-0.4, -0.2) is 24.9 Å². The Hall–Kier alpha value is -3.16. The van der Waals surface area contributed by atoms with Crippen molar-refractivity contribution < 1.29 is 19.1 Å². The number of amides is 2. The number of benzene rings is 2. The van der Waals surface area contributed by atoms with Gasteiger partial charge in [0.15, 0.2) is 0 Å². The first-order valence-corrected chi connectivity index (χ1v) is 10.2. The Morgan fingerprint density at radius 3 is 2.37 bits per heavy atom. The highest BCUT2D eigenvalue weighted by atomic mass is 35.5. The lowest BCUT2D eigenvalue weighted by Gasteiger charge is -2.07. The number of hydrogen-bond donors (Lipinski definition) is 2. The lowest BCUT2D eigenvalue weighted by Crippen LogP contribution is -2.14. The van der Waals surface area contributed by atoms with E-state index in [-0.39, 0.29) is 21.3 Å². The normalized spacial score (nSPS) is 10.4. The summed E-state index contributed by atoms with van der Waals surface area (Å²) in [5, 5.41) is 6.10. The third-order valence-corrected chi connectivity index (χ3v) is 5.91. The lowest BCUT2D eigenvalue weighted by molar-refractivity contribution is 0.0601. The Kier molecular flexibility index (Phi) is 6.54. The Morgan fingerprint density at radius 2 is 1.70 bits per heavy atom. The SMILES string of the molecule is COC(=O)c1c(NC(=O)c2cccc(C)c2)sc(C(=O)Nc2ccccc2Cl)c1C. The van der Waals surface area contributed by atoms with E-state index in [1.165, 1.54) is 7.11 Å². The van der Waals surface area contributed by atoms with Gasteiger partial charge in [-0.3, -0.25) is 9.59 Å². The van der Waals surface area contributed by atoms with E-state index in [9.17, 15) is 14.4 Å². The molecule has 0 spiro atoms. The number of halogens is 1. The van der Waals surface area contributed by atoms with Crippen LogP contribution in [0, 0.1) is 13.8 Å². The Bertz CT molecular complexity index is 1140. The van der Waals surface area contributed by atoms with Gasteiger partial charge in [0.25, 0.3) is 11.8 Å². The minimum atomic E-state index is -0.639. The van der Waals surface area contributed by atoms with Gasteiger partial charge in [0.05, 0.1) is 28.3 Å². The number of thiophene rings is 1. The fraction of sp³-hybridized carbons (Fsp3) is 0.136. The molecule has 6 nitrogen and oxygen atoms in total. The highest BCUT2D eigenvalue weighted by Gasteiger charge is 2.27. The summed E-state index contributed by atoms with van der Waals surface area (Å²) < 4.78 is 4.86. The average Bonchev–Trinajstić information content (AvgIpc) is 3.05. The summed E-state index contributed by atoms with van der Waals surface area (Å²) in [6.45, 7) is 3.51. The largest absolute Gasteiger partial charge is 0.465 e. The monoisotopic (exact) mass is 442 g/mol. The summed E-state index contributed by atoms with van der Waals surface area (Å²) in [6.07, 6.45) is 0. The first kappa shape index (κ1) is 21.5. The number of hydrogen-bond acceptors (Lipinski definition) is 5. The van der Waals surface area contributed by atoms with E-state index in [0.29, 0.717) is 21.8 Å². The van der Waals surface area contributed by atoms with Crippen molar-refractivity contribution in [3.8, 4) is 0 Å². The highest BCUT2D eigenvalue weighted by molar-refractivity contribution is 7.19. The quantitative estimate of drug-likeness (QED) is 0.524. The third kappa shape index (κ3) is 4.53. The molecule has 0 saturated carbocycles. The van der Waals surface area contributed by atoms with Crippen LogP contribution < -0.4 is 10.6 Å². The maximum absolute atomic E-state index is 12.8. The molecule has 0 aliphatic rings. The Balaban J connectivity index is 1.95. The first-order valence-electron chi connectivity index (χ1n) is 8.97. The van der Waals surface area contributed by atoms with Gasteiger partial charge < -0.3 is 15.4 Å². The number of nitrogens with one attached hydrogen (secondary N) is 2. The van der Waals surface area contributed by atoms with E-state index < -0.39 is 11.9 Å². The van der Waals surface area contributed by atoms with Gasteiger partial charge in [-0.25, -0.2) is 4.79 Å². The topological polar surface area (TPSA) is 84.5 Å². The second kappa shape index (κ2) is 9.11. The van der Waals surface area contributed by atoms with Crippen LogP contribution in [0.25, 0.3) is 0 Å². The molecule has 1 aromatic heterocycles. The maximum Gasteiger partial charge on any atom is 0.341 e. The van der Waals surface area contributed by atoms with Gasteiger partial charge in [-0.1, -0.05) is 41.4 Å². The van der Waals surface area contributed by atoms with Crippen molar-refractivity contribution in [3.05, 3.63) is 80.7 Å². The second-order valence-corrected chi connectivity index (χ2v) is 7.94. The molecular weight excluding hydrogens is 424 g/mol. The van der Waals surface area contributed by atoms with Gasteiger partial charge in [0, 0.05) is 5.56 Å². The summed E-state index contributed by atoms with van der Waals surface area (Å²) in [5.74, 6) is -1.46. The average molecular weight is 443 g/mol. The van der Waals surface area contributed by atoms with Crippen LogP contribution in [0.4, 0.5) is 10.7 Å². The zero-order valence-electron chi connectivity index (χ0n) is 16.5. The van der Waals surface area contributed by atoms with Gasteiger partial charge in [-0.15, -0.1) is 11.3 Å². The van der Waals surface area contributed by atoms with E-state index in [4.69, 9.17) is 16.3 Å². The molecule has 0 unspecified atom stereocenters. The molecule has 0 radical (unpaired) electrons. The number of methoxy groups -OCH3 is 1. The number of esters is 1. The van der Waals surface area contributed by atoms with Gasteiger partial charge in [0.2, 0.25) is 0 Å². The van der Waals surface area contributed by atoms with Gasteiger partial charge in [-0.05, 0) is 43.7 Å². The molecule has 1 heterocycles. The summed E-state index contributed by atoms with van der Waals surface area (Å²) in [5.41, 5.74) is 2.38. The van der Waals surface area contributed by atoms with E-state index >= 15 is 0 Å². The van der Waals surface area contributed by atoms with Crippen molar-refractivity contribution in [1.29, 1.82) is 0 Å². The molecule has 0 fully saturated rings. The second-order valence-electron chi connectivity index (χ2n) is 6.51. The molecule has 0 aliphatic carbocycles. The number of carbonyl (C=O) groups excluding carboxylic acids is 3. The van der Waals surface area contributed by atoms with Crippen LogP contribution in [0.5, 0.6) is 0 Å². The molecule has 0 aliphatic heterocycles. The molecular formula is C22H19ClN2O4S. The van der Waals surface area contributed by atoms with Crippen molar-refractivity contribution >= 4 is 51.4 Å². The fourth-order valence-corrected chi connectivity index (χ4v) is 4.14. The number of para-hydroxylation sites is 1. The van der Waals surface area contributed by atoms with E-state index in [1.54, 1.807) is 49.4 Å². The van der Waals surface area contributed by atoms with Crippen LogP contribution >= 0.6 is 22.9 Å². The molecule has 3 rings (SSSR count). The molecule has 30 heavy (non-hydrogen) atoms. The van der Waals surface area contributed by atoms with Gasteiger partial charge in [-0.2, -0.15) is 0 Å². The number of anilines is 2. The zero-order valence-corrected chi connectivity index (χ0v) is 18.1. The summed E-state index contributed by atoms with van der Waals surface area (Å²) in [7, 11) is 1.25. The van der Waals surface area contributed by atoms with E-state index in [0.717, 1.165) is 16.9 Å². The van der Waals surface area contributed by atoms with Crippen LogP contribution in [0.2, 0.25) is 5.02 Å². The lowest BCUT2D eigenvalue weighted by atomic mass is 10.1. The van der Waals surface area contributed by atoms with Crippen LogP contribution in [0.15, 0.2) is 48.5 Å². The molecule has 0 atom stereocenters. The van der Waals surface area contributed by atoms with Crippen LogP contribution in [-0.2, 0) is 4.74 Å².